The van der Waals surface area contributed by atoms with Crippen molar-refractivity contribution in [3.63, 3.8) is 0 Å². The minimum atomic E-state index is -0.368. The van der Waals surface area contributed by atoms with Gasteiger partial charge in [-0.25, -0.2) is 4.99 Å². The molecule has 21 rings (SSSR count). The second kappa shape index (κ2) is 25.0. The average molecular weight is 1540 g/mol. The number of anilines is 2. The first-order chi connectivity index (χ1) is 52.2. The van der Waals surface area contributed by atoms with Crippen LogP contribution in [0.25, 0.3) is 120 Å². The van der Waals surface area contributed by atoms with Crippen LogP contribution in [0.3, 0.4) is 0 Å². The van der Waals surface area contributed by atoms with E-state index in [1.807, 2.05) is 147 Å². The van der Waals surface area contributed by atoms with Crippen molar-refractivity contribution in [3.05, 3.63) is 353 Å². The van der Waals surface area contributed by atoms with Gasteiger partial charge in [0.15, 0.2) is 50.7 Å². The maximum atomic E-state index is 13.6. The van der Waals surface area contributed by atoms with Gasteiger partial charge in [-0.2, -0.15) is 0 Å². The summed E-state index contributed by atoms with van der Waals surface area (Å²) >= 11 is 7.19. The maximum Gasteiger partial charge on any atom is 0.280 e. The zero-order valence-electron chi connectivity index (χ0n) is 56.9. The van der Waals surface area contributed by atoms with E-state index in [0.29, 0.717) is 87.8 Å². The molecule has 4 aliphatic carbocycles. The number of aryl methyl sites for hydroxylation is 2. The quantitative estimate of drug-likeness (QED) is 0.0547. The summed E-state index contributed by atoms with van der Waals surface area (Å²) in [5, 5.41) is 19.1. The molecule has 3 aromatic heterocycles. The van der Waals surface area contributed by atoms with Crippen LogP contribution >= 0.6 is 31.9 Å². The number of nitrogens with one attached hydrogen (secondary N) is 3. The van der Waals surface area contributed by atoms with Gasteiger partial charge >= 0.3 is 0 Å². The predicted molar refractivity (Wildman–Crippen MR) is 433 cm³/mol. The summed E-state index contributed by atoms with van der Waals surface area (Å²) in [4.78, 5) is 132. The van der Waals surface area contributed by atoms with E-state index in [4.69, 9.17) is 11.5 Å². The molecule has 8 N–H and O–H groups in total. The van der Waals surface area contributed by atoms with Crippen molar-refractivity contribution >= 4 is 165 Å². The van der Waals surface area contributed by atoms with E-state index in [1.165, 1.54) is 0 Å². The molecule has 0 saturated carbocycles. The lowest BCUT2D eigenvalue weighted by Crippen LogP contribution is -2.25. The number of amides is 1. The van der Waals surface area contributed by atoms with Gasteiger partial charge in [0.05, 0.1) is 44.7 Å². The Morgan fingerprint density at radius 2 is 0.685 bits per heavy atom. The van der Waals surface area contributed by atoms with Crippen LogP contribution < -0.4 is 33.2 Å². The van der Waals surface area contributed by atoms with Gasteiger partial charge in [0, 0.05) is 135 Å². The summed E-state index contributed by atoms with van der Waals surface area (Å²) in [6.45, 7) is 4.00. The van der Waals surface area contributed by atoms with E-state index in [9.17, 15) is 48.3 Å². The molecule has 0 saturated heterocycles. The van der Waals surface area contributed by atoms with Crippen LogP contribution in [0.2, 0.25) is 0 Å². The Morgan fingerprint density at radius 3 is 1.12 bits per heavy atom. The number of ketones is 4. The highest BCUT2D eigenvalue weighted by Gasteiger charge is 2.39. The number of carbonyl (C=O) groups is 5. The van der Waals surface area contributed by atoms with Crippen LogP contribution in [-0.4, -0.2) is 54.8 Å². The van der Waals surface area contributed by atoms with Crippen molar-refractivity contribution < 1.29 is 29.1 Å². The number of aromatic amines is 3. The van der Waals surface area contributed by atoms with E-state index >= 15 is 0 Å². The third-order valence-corrected chi connectivity index (χ3v) is 22.1. The van der Waals surface area contributed by atoms with Crippen LogP contribution in [-0.2, 0) is 0 Å². The van der Waals surface area contributed by atoms with Crippen molar-refractivity contribution in [2.45, 2.75) is 13.8 Å². The summed E-state index contributed by atoms with van der Waals surface area (Å²) in [6, 6.07) is 68.6. The molecule has 1 aliphatic heterocycles. The summed E-state index contributed by atoms with van der Waals surface area (Å²) in [7, 11) is 0. The van der Waals surface area contributed by atoms with E-state index in [1.54, 1.807) is 97.1 Å². The number of aliphatic imine (C=N–C) groups is 1. The molecule has 16 aromatic rings. The first kappa shape index (κ1) is 66.3. The Bertz CT molecular complexity index is 6990. The number of fused-ring (bicyclic) bond motifs is 9. The predicted octanol–water partition coefficient (Wildman–Crippen LogP) is 17.7. The SMILES string of the molecule is Cc1ccc(C2=NC(=O)c3c(-c4ccc(C)cc4)[nH]c(O)c32)cc1.Nc1ccc(-c2ccc(N)c3c2C(=O)c2ccccc2C3=O)c2c1C(=O)c1ccccc1C2=O.O=c1c2cc(Br)c3cccc4c(=O)c5cc(Br)c6cccc1c6c5-c2c34.O=c1c2ccccc2[nH]c2cc3c(=O)c4ccccc4[nH]c3cc12. The van der Waals surface area contributed by atoms with Gasteiger partial charge in [0.1, 0.15) is 0 Å². The number of para-hydroxylation sites is 2. The minimum Gasteiger partial charge on any atom is -0.494 e. The number of nitrogen functional groups attached to an aromatic ring is 2. The number of H-pyrrole nitrogens is 3. The number of nitrogens with zero attached hydrogens (tertiary/aromatic N) is 1. The Balaban J connectivity index is 0.000000103. The molecule has 0 spiro atoms. The molecule has 108 heavy (non-hydrogen) atoms. The Kier molecular flexibility index (Phi) is 15.4. The lowest BCUT2D eigenvalue weighted by molar-refractivity contribution is 0.0978. The number of aromatic nitrogens is 3. The monoisotopic (exact) mass is 1530 g/mol. The van der Waals surface area contributed by atoms with Crippen LogP contribution in [0.5, 0.6) is 5.88 Å². The molecule has 0 atom stereocenters. The number of benzene rings is 15. The van der Waals surface area contributed by atoms with Gasteiger partial charge in [-0.15, -0.1) is 0 Å². The first-order valence-electron chi connectivity index (χ1n) is 34.3. The topological polar surface area (TPSA) is 286 Å². The summed E-state index contributed by atoms with van der Waals surface area (Å²) in [5.41, 5.74) is 25.5. The van der Waals surface area contributed by atoms with E-state index in [-0.39, 0.29) is 113 Å². The molecule has 1 amide bonds. The van der Waals surface area contributed by atoms with Crippen molar-refractivity contribution in [2.75, 3.05) is 11.5 Å². The van der Waals surface area contributed by atoms with Gasteiger partial charge in [-0.05, 0) is 102 Å². The molecule has 0 fully saturated rings. The molecule has 5 aliphatic rings. The minimum absolute atomic E-state index is 0.00824. The van der Waals surface area contributed by atoms with Crippen molar-refractivity contribution in [2.24, 2.45) is 4.99 Å². The van der Waals surface area contributed by atoms with Gasteiger partial charge in [-0.1, -0.05) is 213 Å². The summed E-state index contributed by atoms with van der Waals surface area (Å²) in [6.07, 6.45) is 0. The number of hydrogen-bond donors (Lipinski definition) is 6. The smallest absolute Gasteiger partial charge is 0.280 e. The summed E-state index contributed by atoms with van der Waals surface area (Å²) < 4.78 is 1.68. The molecule has 13 aromatic carbocycles. The van der Waals surface area contributed by atoms with Crippen molar-refractivity contribution in [3.8, 4) is 39.4 Å². The van der Waals surface area contributed by atoms with Gasteiger partial charge < -0.3 is 31.5 Å². The Labute approximate surface area is 626 Å². The van der Waals surface area contributed by atoms with Gasteiger partial charge in [0.2, 0.25) is 0 Å². The molecule has 4 heterocycles. The van der Waals surface area contributed by atoms with E-state index in [2.05, 4.69) is 51.8 Å². The number of carbonyl (C=O) groups excluding carboxylic acids is 5. The molecule has 516 valence electrons. The molecule has 0 unspecified atom stereocenters. The standard InChI is InChI=1S/C28H16N2O4.C22H8Br2O2.C20H12N2O2.C20H16N2O2/c29-19-11-9-13(21-23(19)27(33)17-7-3-1-5-15(17)25(21)31)14-10-12-20(30)24-22(14)26(32)16-6-2-4-8-18(16)28(24)34;23-15-7-14-19-17-9(15)3-1-5-11(17)21(25)13-8-16(24)10-4-2-6-12(22(14)26)18(10)20(13)19;23-19-11-5-1-3-7-15(11)21-17-10-14-18(9-13(17)19)22-16-8-4-2-6-12(16)20(14)24;1-11-3-7-13(8-4-11)17-15-16(20(24)21-17)18(22-19(15)23)14-9-5-12(2)6-10-14/h1-12H,29-30H2;1-8H;1-10H,(H,21,23)(H,22,24);3-10,21,24H,1-2H3. The lowest BCUT2D eigenvalue weighted by atomic mass is 9.76. The third-order valence-electron chi connectivity index (χ3n) is 20.8. The first-order valence-corrected chi connectivity index (χ1v) is 35.9. The number of hydrogen-bond acceptors (Lipinski definition) is 12. The number of nitrogens with two attached hydrogens (primary N) is 2. The normalized spacial score (nSPS) is 12.9. The van der Waals surface area contributed by atoms with Crippen LogP contribution in [0.15, 0.2) is 264 Å². The second-order valence-electron chi connectivity index (χ2n) is 27.0. The van der Waals surface area contributed by atoms with E-state index in [0.717, 1.165) is 74.9 Å². The zero-order valence-corrected chi connectivity index (χ0v) is 60.1. The zero-order chi connectivity index (χ0) is 74.6. The van der Waals surface area contributed by atoms with Gasteiger partial charge in [0.25, 0.3) is 5.91 Å². The molecular formula is C90H52Br2N6O10. The lowest BCUT2D eigenvalue weighted by Gasteiger charge is -2.25. The van der Waals surface area contributed by atoms with Crippen LogP contribution in [0.4, 0.5) is 11.4 Å². The number of pyridine rings is 2. The fourth-order valence-corrected chi connectivity index (χ4v) is 16.8. The second-order valence-corrected chi connectivity index (χ2v) is 28.7. The number of halogens is 2. The van der Waals surface area contributed by atoms with Crippen molar-refractivity contribution in [1.82, 2.24) is 15.0 Å². The molecule has 16 nitrogen and oxygen atoms in total. The number of rotatable bonds is 3. The third kappa shape index (κ3) is 10.1. The largest absolute Gasteiger partial charge is 0.494 e. The van der Waals surface area contributed by atoms with E-state index < -0.39 is 0 Å². The maximum absolute atomic E-state index is 13.6. The highest BCUT2D eigenvalue weighted by molar-refractivity contribution is 9.11. The molecule has 0 bridgehead atoms. The average Bonchev–Trinajstić information content (AvgIpc) is 0.873. The highest BCUT2D eigenvalue weighted by atomic mass is 79.9. The highest BCUT2D eigenvalue weighted by Crippen LogP contribution is 2.49. The summed E-state index contributed by atoms with van der Waals surface area (Å²) in [5.74, 6) is -1.80. The Morgan fingerprint density at radius 1 is 0.315 bits per heavy atom. The van der Waals surface area contributed by atoms with Gasteiger partial charge in [-0.3, -0.25) is 43.2 Å². The van der Waals surface area contributed by atoms with Crippen LogP contribution in [0.1, 0.15) is 96.3 Å². The molecule has 18 heteroatoms. The van der Waals surface area contributed by atoms with Crippen molar-refractivity contribution in [1.29, 1.82) is 0 Å². The van der Waals surface area contributed by atoms with Crippen LogP contribution in [0, 0.1) is 13.8 Å². The molecule has 0 radical (unpaired) electrons. The Hall–Kier alpha value is -13.7. The number of aromatic hydroxyl groups is 1. The molecular weight excluding hydrogens is 1480 g/mol. The fourth-order valence-electron chi connectivity index (χ4n) is 15.7. The fraction of sp³-hybridized carbons (Fsp3) is 0.0222.